The Bertz CT molecular complexity index is 730. The highest BCUT2D eigenvalue weighted by Gasteiger charge is 2.36. The Balaban J connectivity index is 1.69. The molecule has 2 saturated heterocycles. The van der Waals surface area contributed by atoms with Gasteiger partial charge in [-0.15, -0.1) is 0 Å². The van der Waals surface area contributed by atoms with Crippen molar-refractivity contribution in [3.05, 3.63) is 29.8 Å². The molecule has 2 atom stereocenters. The Labute approximate surface area is 154 Å². The van der Waals surface area contributed by atoms with Crippen LogP contribution >= 0.6 is 0 Å². The first-order valence-corrected chi connectivity index (χ1v) is 10.2. The van der Waals surface area contributed by atoms with Gasteiger partial charge in [0.2, 0.25) is 10.0 Å². The first-order chi connectivity index (χ1) is 12.4. The molecule has 2 N–H and O–H groups in total. The molecule has 2 aliphatic rings. The van der Waals surface area contributed by atoms with Crippen LogP contribution in [0.4, 0.5) is 0 Å². The highest BCUT2D eigenvalue weighted by molar-refractivity contribution is 7.89. The van der Waals surface area contributed by atoms with E-state index in [0.29, 0.717) is 18.8 Å². The van der Waals surface area contributed by atoms with E-state index in [1.807, 2.05) is 0 Å². The number of nitrogens with zero attached hydrogens (tertiary/aromatic N) is 2. The SMILES string of the molecule is CNC(=O)c1ccc(S(=O)(=O)N[C@H]2COC[C@@H]2N2CCN(C)CC2)cc1. The average molecular weight is 382 g/mol. The lowest BCUT2D eigenvalue weighted by molar-refractivity contribution is 0.0930. The molecule has 144 valence electrons. The van der Waals surface area contributed by atoms with Gasteiger partial charge < -0.3 is 15.0 Å². The van der Waals surface area contributed by atoms with Crippen molar-refractivity contribution in [2.24, 2.45) is 0 Å². The molecule has 0 bridgehead atoms. The largest absolute Gasteiger partial charge is 0.378 e. The van der Waals surface area contributed by atoms with Gasteiger partial charge in [0.15, 0.2) is 0 Å². The molecule has 1 aromatic carbocycles. The maximum Gasteiger partial charge on any atom is 0.251 e. The Hall–Kier alpha value is -1.52. The van der Waals surface area contributed by atoms with Gasteiger partial charge in [-0.2, -0.15) is 0 Å². The molecule has 2 aliphatic heterocycles. The molecule has 2 fully saturated rings. The zero-order valence-electron chi connectivity index (χ0n) is 15.1. The maximum atomic E-state index is 12.7. The monoisotopic (exact) mass is 382 g/mol. The van der Waals surface area contributed by atoms with Gasteiger partial charge in [-0.05, 0) is 31.3 Å². The predicted octanol–water partition coefficient (Wildman–Crippen LogP) is -0.661. The lowest BCUT2D eigenvalue weighted by Crippen LogP contribution is -2.56. The van der Waals surface area contributed by atoms with Crippen LogP contribution in [0.5, 0.6) is 0 Å². The summed E-state index contributed by atoms with van der Waals surface area (Å²) in [7, 11) is -0.0507. The summed E-state index contributed by atoms with van der Waals surface area (Å²) in [5.41, 5.74) is 0.422. The fourth-order valence-electron chi connectivity index (χ4n) is 3.37. The fraction of sp³-hybridized carbons (Fsp3) is 0.588. The van der Waals surface area contributed by atoms with Crippen LogP contribution in [0.2, 0.25) is 0 Å². The molecule has 0 unspecified atom stereocenters. The summed E-state index contributed by atoms with van der Waals surface area (Å²) < 4.78 is 33.8. The van der Waals surface area contributed by atoms with Gasteiger partial charge in [0.05, 0.1) is 30.2 Å². The molecule has 0 spiro atoms. The van der Waals surface area contributed by atoms with Crippen LogP contribution in [0.15, 0.2) is 29.2 Å². The molecular weight excluding hydrogens is 356 g/mol. The number of amides is 1. The number of sulfonamides is 1. The van der Waals surface area contributed by atoms with Crippen molar-refractivity contribution in [1.82, 2.24) is 19.8 Å². The predicted molar refractivity (Wildman–Crippen MR) is 97.6 cm³/mol. The molecule has 2 heterocycles. The molecule has 0 aromatic heterocycles. The smallest absolute Gasteiger partial charge is 0.251 e. The van der Waals surface area contributed by atoms with Gasteiger partial charge in [-0.3, -0.25) is 9.69 Å². The van der Waals surface area contributed by atoms with E-state index in [1.165, 1.54) is 31.3 Å². The summed E-state index contributed by atoms with van der Waals surface area (Å²) in [4.78, 5) is 16.3. The van der Waals surface area contributed by atoms with E-state index in [1.54, 1.807) is 0 Å². The van der Waals surface area contributed by atoms with Crippen LogP contribution in [0, 0.1) is 0 Å². The van der Waals surface area contributed by atoms with E-state index in [9.17, 15) is 13.2 Å². The summed E-state index contributed by atoms with van der Waals surface area (Å²) in [5.74, 6) is -0.249. The van der Waals surface area contributed by atoms with E-state index in [0.717, 1.165) is 26.2 Å². The standard InChI is InChI=1S/C17H26N4O4S/c1-18-17(22)13-3-5-14(6-4-13)26(23,24)19-15-11-25-12-16(15)21-9-7-20(2)8-10-21/h3-6,15-16,19H,7-12H2,1-2H3,(H,18,22)/t15-,16-/m0/s1. The number of ether oxygens (including phenoxy) is 1. The van der Waals surface area contributed by atoms with Crippen molar-refractivity contribution < 1.29 is 17.9 Å². The number of nitrogens with one attached hydrogen (secondary N) is 2. The second-order valence-corrected chi connectivity index (χ2v) is 8.49. The van der Waals surface area contributed by atoms with Crippen molar-refractivity contribution in [2.75, 3.05) is 53.5 Å². The van der Waals surface area contributed by atoms with Gasteiger partial charge in [0.1, 0.15) is 0 Å². The first kappa shape index (κ1) is 19.2. The Morgan fingerprint density at radius 2 is 1.77 bits per heavy atom. The molecule has 0 saturated carbocycles. The number of hydrogen-bond acceptors (Lipinski definition) is 6. The van der Waals surface area contributed by atoms with E-state index < -0.39 is 10.0 Å². The van der Waals surface area contributed by atoms with Crippen LogP contribution in [0.1, 0.15) is 10.4 Å². The van der Waals surface area contributed by atoms with Gasteiger partial charge in [0.25, 0.3) is 5.91 Å². The third-order valence-electron chi connectivity index (χ3n) is 5.02. The van der Waals surface area contributed by atoms with E-state index in [4.69, 9.17) is 4.74 Å². The zero-order chi connectivity index (χ0) is 18.7. The molecule has 1 aromatic rings. The van der Waals surface area contributed by atoms with Crippen LogP contribution in [0.3, 0.4) is 0 Å². The number of carbonyl (C=O) groups is 1. The van der Waals surface area contributed by atoms with E-state index >= 15 is 0 Å². The van der Waals surface area contributed by atoms with Crippen LogP contribution < -0.4 is 10.0 Å². The second kappa shape index (κ2) is 8.01. The third kappa shape index (κ3) is 4.24. The Kier molecular flexibility index (Phi) is 5.93. The number of piperazine rings is 1. The molecule has 9 heteroatoms. The highest BCUT2D eigenvalue weighted by Crippen LogP contribution is 2.19. The summed E-state index contributed by atoms with van der Waals surface area (Å²) in [6.45, 7) is 4.65. The van der Waals surface area contributed by atoms with Crippen LogP contribution in [-0.4, -0.2) is 89.7 Å². The van der Waals surface area contributed by atoms with Gasteiger partial charge in [-0.1, -0.05) is 0 Å². The first-order valence-electron chi connectivity index (χ1n) is 8.75. The summed E-state index contributed by atoms with van der Waals surface area (Å²) in [6, 6.07) is 5.69. The van der Waals surface area contributed by atoms with Crippen molar-refractivity contribution in [2.45, 2.75) is 17.0 Å². The lowest BCUT2D eigenvalue weighted by Gasteiger charge is -2.37. The Morgan fingerprint density at radius 3 is 2.38 bits per heavy atom. The van der Waals surface area contributed by atoms with E-state index in [2.05, 4.69) is 26.9 Å². The van der Waals surface area contributed by atoms with Crippen molar-refractivity contribution >= 4 is 15.9 Å². The third-order valence-corrected chi connectivity index (χ3v) is 6.52. The summed E-state index contributed by atoms with van der Waals surface area (Å²) in [6.07, 6.45) is 0. The average Bonchev–Trinajstić information content (AvgIpc) is 3.09. The van der Waals surface area contributed by atoms with Gasteiger partial charge in [-0.25, -0.2) is 13.1 Å². The maximum absolute atomic E-state index is 12.7. The molecule has 8 nitrogen and oxygen atoms in total. The zero-order valence-corrected chi connectivity index (χ0v) is 16.0. The molecule has 1 amide bonds. The molecular formula is C17H26N4O4S. The normalized spacial score (nSPS) is 25.3. The lowest BCUT2D eigenvalue weighted by atomic mass is 10.1. The number of rotatable bonds is 5. The van der Waals surface area contributed by atoms with Gasteiger partial charge in [0, 0.05) is 38.8 Å². The minimum absolute atomic E-state index is 0.0450. The number of benzene rings is 1. The van der Waals surface area contributed by atoms with Crippen LogP contribution in [0.25, 0.3) is 0 Å². The minimum Gasteiger partial charge on any atom is -0.378 e. The highest BCUT2D eigenvalue weighted by atomic mass is 32.2. The number of likely N-dealkylation sites (N-methyl/N-ethyl adjacent to an activating group) is 1. The molecule has 26 heavy (non-hydrogen) atoms. The van der Waals surface area contributed by atoms with Crippen molar-refractivity contribution in [1.29, 1.82) is 0 Å². The molecule has 0 radical (unpaired) electrons. The number of carbonyl (C=O) groups excluding carboxylic acids is 1. The van der Waals surface area contributed by atoms with Crippen molar-refractivity contribution in [3.8, 4) is 0 Å². The van der Waals surface area contributed by atoms with Gasteiger partial charge >= 0.3 is 0 Å². The second-order valence-electron chi connectivity index (χ2n) is 6.78. The summed E-state index contributed by atoms with van der Waals surface area (Å²) >= 11 is 0. The van der Waals surface area contributed by atoms with E-state index in [-0.39, 0.29) is 22.9 Å². The summed E-state index contributed by atoms with van der Waals surface area (Å²) in [5, 5.41) is 2.51. The number of hydrogen-bond donors (Lipinski definition) is 2. The quantitative estimate of drug-likeness (QED) is 0.703. The Morgan fingerprint density at radius 1 is 1.12 bits per heavy atom. The van der Waals surface area contributed by atoms with Crippen LogP contribution in [-0.2, 0) is 14.8 Å². The fourth-order valence-corrected chi connectivity index (χ4v) is 4.62. The van der Waals surface area contributed by atoms with Crippen molar-refractivity contribution in [3.63, 3.8) is 0 Å². The topological polar surface area (TPSA) is 91.0 Å². The molecule has 0 aliphatic carbocycles. The molecule has 3 rings (SSSR count). The minimum atomic E-state index is -3.67.